The molecule has 63 heavy (non-hydrogen) atoms. The van der Waals surface area contributed by atoms with E-state index in [0.717, 1.165) is 72.2 Å². The van der Waals surface area contributed by atoms with Crippen molar-refractivity contribution >= 4 is 51.2 Å². The van der Waals surface area contributed by atoms with Gasteiger partial charge in [0.25, 0.3) is 0 Å². The minimum atomic E-state index is 0.190. The van der Waals surface area contributed by atoms with Crippen molar-refractivity contribution in [2.75, 3.05) is 42.8 Å². The number of nitrogens with zero attached hydrogens (tertiary/aromatic N) is 2. The molecule has 2 aliphatic rings. The van der Waals surface area contributed by atoms with Gasteiger partial charge in [0.05, 0.1) is 26.4 Å². The van der Waals surface area contributed by atoms with Gasteiger partial charge >= 0.3 is 0 Å². The lowest BCUT2D eigenvalue weighted by atomic mass is 10.0. The molecule has 2 saturated heterocycles. The van der Waals surface area contributed by atoms with Gasteiger partial charge in [-0.05, 0) is 169 Å². The van der Waals surface area contributed by atoms with E-state index in [0.29, 0.717) is 31.7 Å². The summed E-state index contributed by atoms with van der Waals surface area (Å²) in [6.45, 7) is 16.5. The van der Waals surface area contributed by atoms with Crippen LogP contribution in [0.3, 0.4) is 0 Å². The van der Waals surface area contributed by atoms with Crippen LogP contribution in [0.5, 0.6) is 0 Å². The van der Waals surface area contributed by atoms with Crippen LogP contribution in [-0.2, 0) is 38.2 Å². The van der Waals surface area contributed by atoms with Crippen molar-refractivity contribution in [2.24, 2.45) is 0 Å². The number of aryl methyl sites for hydroxylation is 4. The summed E-state index contributed by atoms with van der Waals surface area (Å²) in [5.41, 5.74) is 16.5. The Morgan fingerprint density at radius 3 is 1.40 bits per heavy atom. The molecule has 320 valence electrons. The minimum Gasteiger partial charge on any atom is -0.491 e. The summed E-state index contributed by atoms with van der Waals surface area (Å²) >= 11 is 1.85. The Balaban J connectivity index is 0.958. The zero-order chi connectivity index (χ0) is 43.3. The van der Waals surface area contributed by atoms with Crippen molar-refractivity contribution < 1.29 is 18.9 Å². The molecule has 2 fully saturated rings. The first-order chi connectivity index (χ1) is 30.8. The molecule has 3 heterocycles. The molecule has 7 heteroatoms. The standard InChI is InChI=1S/C56H56N2O4S/c1-6-41-8-16-45(17-9-41)57(47-20-12-43(13-21-47)30-31-59-34-51-36-61-51)49-24-26-53(38(3)32-49)55-28-29-56(63-55)54-27-25-50(33-39(54)4)58(46-18-10-42(7-2)11-19-46)48-22-14-44(15-23-48)40(5)60-35-52-37-62-52/h8-29,32-33,51-52H,5-7,30-31,34-37H2,1-4H3. The van der Waals surface area contributed by atoms with Crippen LogP contribution in [0.15, 0.2) is 152 Å². The fourth-order valence-electron chi connectivity index (χ4n) is 8.03. The molecule has 2 aliphatic heterocycles. The van der Waals surface area contributed by atoms with Gasteiger partial charge in [-0.25, -0.2) is 0 Å². The largest absolute Gasteiger partial charge is 0.491 e. The Bertz CT molecular complexity index is 2640. The number of epoxide rings is 2. The van der Waals surface area contributed by atoms with Crippen molar-refractivity contribution in [2.45, 2.75) is 59.2 Å². The Morgan fingerprint density at radius 2 is 0.968 bits per heavy atom. The Kier molecular flexibility index (Phi) is 12.9. The first-order valence-electron chi connectivity index (χ1n) is 22.3. The lowest BCUT2D eigenvalue weighted by Crippen LogP contribution is -2.10. The van der Waals surface area contributed by atoms with Crippen LogP contribution in [0.25, 0.3) is 26.6 Å². The molecule has 0 bridgehead atoms. The van der Waals surface area contributed by atoms with Crippen LogP contribution in [0, 0.1) is 13.8 Å². The van der Waals surface area contributed by atoms with E-state index in [1.54, 1.807) is 0 Å². The predicted octanol–water partition coefficient (Wildman–Crippen LogP) is 14.1. The second-order valence-electron chi connectivity index (χ2n) is 16.6. The molecular formula is C56H56N2O4S. The molecule has 0 amide bonds. The van der Waals surface area contributed by atoms with Gasteiger partial charge < -0.3 is 28.7 Å². The zero-order valence-corrected chi connectivity index (χ0v) is 37.6. The van der Waals surface area contributed by atoms with Crippen LogP contribution < -0.4 is 9.80 Å². The smallest absolute Gasteiger partial charge is 0.119 e. The second kappa shape index (κ2) is 19.2. The Morgan fingerprint density at radius 1 is 0.556 bits per heavy atom. The minimum absolute atomic E-state index is 0.190. The highest BCUT2D eigenvalue weighted by Crippen LogP contribution is 2.43. The normalized spacial score (nSPS) is 15.2. The lowest BCUT2D eigenvalue weighted by Gasteiger charge is -2.27. The molecule has 0 spiro atoms. The molecule has 9 rings (SSSR count). The highest BCUT2D eigenvalue weighted by Gasteiger charge is 2.24. The van der Waals surface area contributed by atoms with Crippen LogP contribution in [-0.4, -0.2) is 45.2 Å². The predicted molar refractivity (Wildman–Crippen MR) is 262 cm³/mol. The maximum atomic E-state index is 5.89. The first-order valence-corrected chi connectivity index (χ1v) is 23.1. The van der Waals surface area contributed by atoms with Crippen molar-refractivity contribution in [1.29, 1.82) is 0 Å². The average Bonchev–Trinajstić information content (AvgIpc) is 4.27. The molecule has 2 unspecified atom stereocenters. The summed E-state index contributed by atoms with van der Waals surface area (Å²) in [6, 6.07) is 53.4. The number of rotatable bonds is 19. The van der Waals surface area contributed by atoms with Gasteiger partial charge in [0.1, 0.15) is 24.6 Å². The van der Waals surface area contributed by atoms with Crippen LogP contribution in [0.4, 0.5) is 34.1 Å². The average molecular weight is 853 g/mol. The first kappa shape index (κ1) is 42.3. The molecule has 0 radical (unpaired) electrons. The molecule has 7 aromatic rings. The molecule has 1 aromatic heterocycles. The van der Waals surface area contributed by atoms with E-state index >= 15 is 0 Å². The van der Waals surface area contributed by atoms with Crippen molar-refractivity contribution in [3.05, 3.63) is 186 Å². The Hall–Kier alpha value is -5.96. The van der Waals surface area contributed by atoms with E-state index in [1.165, 1.54) is 48.7 Å². The quantitative estimate of drug-likeness (QED) is 0.0459. The summed E-state index contributed by atoms with van der Waals surface area (Å²) in [6.07, 6.45) is 3.37. The van der Waals surface area contributed by atoms with Gasteiger partial charge in [0.2, 0.25) is 0 Å². The van der Waals surface area contributed by atoms with E-state index in [4.69, 9.17) is 18.9 Å². The number of ether oxygens (including phenoxy) is 4. The molecule has 0 saturated carbocycles. The zero-order valence-electron chi connectivity index (χ0n) is 36.8. The highest BCUT2D eigenvalue weighted by atomic mass is 32.1. The molecule has 2 atom stereocenters. The summed E-state index contributed by atoms with van der Waals surface area (Å²) in [5.74, 6) is 0.663. The maximum absolute atomic E-state index is 5.89. The topological polar surface area (TPSA) is 50.0 Å². The summed E-state index contributed by atoms with van der Waals surface area (Å²) < 4.78 is 22.3. The summed E-state index contributed by atoms with van der Waals surface area (Å²) in [5, 5.41) is 0. The van der Waals surface area contributed by atoms with Crippen LogP contribution >= 0.6 is 11.3 Å². The van der Waals surface area contributed by atoms with Gasteiger partial charge in [-0.3, -0.25) is 0 Å². The van der Waals surface area contributed by atoms with Gasteiger partial charge in [-0.1, -0.05) is 69.0 Å². The Labute approximate surface area is 377 Å². The van der Waals surface area contributed by atoms with Crippen molar-refractivity contribution in [3.8, 4) is 20.9 Å². The fraction of sp³-hybridized carbons (Fsp3) is 0.250. The summed E-state index contributed by atoms with van der Waals surface area (Å²) in [7, 11) is 0. The number of benzene rings is 6. The number of thiophene rings is 1. The third-order valence-corrected chi connectivity index (χ3v) is 13.2. The maximum Gasteiger partial charge on any atom is 0.119 e. The lowest BCUT2D eigenvalue weighted by molar-refractivity contribution is 0.119. The van der Waals surface area contributed by atoms with E-state index in [-0.39, 0.29) is 6.10 Å². The SMILES string of the molecule is C=C(OCC1CO1)c1ccc(N(c2ccc(CC)cc2)c2ccc(-c3ccc(-c4ccc(N(c5ccc(CC)cc5)c5ccc(CCOCC6CO6)cc5)cc4C)s3)c(C)c2)cc1. The molecular weight excluding hydrogens is 797 g/mol. The van der Waals surface area contributed by atoms with Crippen molar-refractivity contribution in [3.63, 3.8) is 0 Å². The van der Waals surface area contributed by atoms with Crippen molar-refractivity contribution in [1.82, 2.24) is 0 Å². The molecule has 0 aliphatic carbocycles. The monoisotopic (exact) mass is 852 g/mol. The van der Waals surface area contributed by atoms with Crippen LogP contribution in [0.2, 0.25) is 0 Å². The highest BCUT2D eigenvalue weighted by molar-refractivity contribution is 7.18. The van der Waals surface area contributed by atoms with Gasteiger partial charge in [0.15, 0.2) is 0 Å². The van der Waals surface area contributed by atoms with E-state index in [1.807, 2.05) is 11.3 Å². The molecule has 0 N–H and O–H groups in total. The van der Waals surface area contributed by atoms with Gasteiger partial charge in [-0.2, -0.15) is 0 Å². The second-order valence-corrected chi connectivity index (χ2v) is 17.6. The van der Waals surface area contributed by atoms with Gasteiger partial charge in [0, 0.05) is 49.4 Å². The molecule has 6 aromatic carbocycles. The third kappa shape index (κ3) is 10.1. The van der Waals surface area contributed by atoms with Gasteiger partial charge in [-0.15, -0.1) is 11.3 Å². The fourth-order valence-corrected chi connectivity index (χ4v) is 9.22. The number of anilines is 6. The van der Waals surface area contributed by atoms with E-state index in [2.05, 4.69) is 190 Å². The third-order valence-electron chi connectivity index (χ3n) is 12.0. The van der Waals surface area contributed by atoms with Crippen LogP contribution in [0.1, 0.15) is 47.2 Å². The van der Waals surface area contributed by atoms with E-state index < -0.39 is 0 Å². The molecule has 6 nitrogen and oxygen atoms in total. The number of hydrogen-bond donors (Lipinski definition) is 0. The van der Waals surface area contributed by atoms with E-state index in [9.17, 15) is 0 Å². The summed E-state index contributed by atoms with van der Waals surface area (Å²) in [4.78, 5) is 7.19. The number of hydrogen-bond acceptors (Lipinski definition) is 7.